The first-order valence-electron chi connectivity index (χ1n) is 12.0. The third-order valence-corrected chi connectivity index (χ3v) is 6.96. The number of methoxy groups -OCH3 is 1. The molecule has 1 unspecified atom stereocenters. The number of imidazole rings is 1. The number of nitrogens with two attached hydrogens (primary N) is 1. The van der Waals surface area contributed by atoms with Crippen LogP contribution >= 0.6 is 0 Å². The molecular formula is C26H32N4O6. The smallest absolute Gasteiger partial charge is 0.329 e. The summed E-state index contributed by atoms with van der Waals surface area (Å²) < 4.78 is 8.27. The van der Waals surface area contributed by atoms with Gasteiger partial charge in [0.1, 0.15) is 5.75 Å². The minimum absolute atomic E-state index is 0.0729. The molecule has 0 saturated heterocycles. The molecule has 192 valence electrons. The Hall–Kier alpha value is -3.63. The third kappa shape index (κ3) is 4.87. The highest BCUT2D eigenvalue weighted by molar-refractivity contribution is 6.04. The molecule has 3 aromatic rings. The molecule has 1 aliphatic rings. The molecule has 0 bridgehead atoms. The average Bonchev–Trinajstić information content (AvgIpc) is 3.15. The summed E-state index contributed by atoms with van der Waals surface area (Å²) in [5.41, 5.74) is 7.89. The topological polar surface area (TPSA) is 149 Å². The lowest BCUT2D eigenvalue weighted by Gasteiger charge is -2.28. The van der Waals surface area contributed by atoms with Gasteiger partial charge in [-0.3, -0.25) is 18.7 Å². The molecule has 2 amide bonds. The van der Waals surface area contributed by atoms with E-state index in [1.165, 1.54) is 10.6 Å². The first kappa shape index (κ1) is 25.5. The first-order chi connectivity index (χ1) is 17.2. The maximum Gasteiger partial charge on any atom is 0.329 e. The van der Waals surface area contributed by atoms with E-state index in [2.05, 4.69) is 5.32 Å². The molecule has 1 atom stereocenters. The minimum Gasteiger partial charge on any atom is -0.496 e. The highest BCUT2D eigenvalue weighted by Gasteiger charge is 2.31. The molecular weight excluding hydrogens is 464 g/mol. The van der Waals surface area contributed by atoms with E-state index in [1.807, 2.05) is 19.1 Å². The van der Waals surface area contributed by atoms with Gasteiger partial charge in [-0.15, -0.1) is 0 Å². The van der Waals surface area contributed by atoms with Crippen LogP contribution in [0.4, 0.5) is 5.69 Å². The number of aromatic nitrogens is 2. The van der Waals surface area contributed by atoms with Crippen LogP contribution in [0.15, 0.2) is 41.2 Å². The maximum absolute atomic E-state index is 13.4. The van der Waals surface area contributed by atoms with Gasteiger partial charge in [0.25, 0.3) is 5.91 Å². The van der Waals surface area contributed by atoms with Gasteiger partial charge in [-0.05, 0) is 56.4 Å². The van der Waals surface area contributed by atoms with Gasteiger partial charge in [-0.1, -0.05) is 12.1 Å². The number of hydrogen-bond donors (Lipinski definition) is 4. The number of aliphatic hydroxyl groups is 2. The first-order valence-corrected chi connectivity index (χ1v) is 12.0. The Bertz CT molecular complexity index is 1340. The van der Waals surface area contributed by atoms with Crippen LogP contribution in [0, 0.1) is 12.8 Å². The fourth-order valence-corrected chi connectivity index (χ4v) is 5.07. The summed E-state index contributed by atoms with van der Waals surface area (Å²) in [6.07, 6.45) is 1.21. The maximum atomic E-state index is 13.4. The zero-order valence-corrected chi connectivity index (χ0v) is 20.4. The largest absolute Gasteiger partial charge is 0.496 e. The van der Waals surface area contributed by atoms with Crippen molar-refractivity contribution in [3.8, 4) is 5.75 Å². The molecule has 1 heterocycles. The molecule has 1 fully saturated rings. The van der Waals surface area contributed by atoms with Crippen molar-refractivity contribution in [3.63, 3.8) is 0 Å². The predicted molar refractivity (Wildman–Crippen MR) is 135 cm³/mol. The quantitative estimate of drug-likeness (QED) is 0.375. The number of rotatable bonds is 8. The lowest BCUT2D eigenvalue weighted by molar-refractivity contribution is -0.121. The predicted octanol–water partition coefficient (Wildman–Crippen LogP) is 1.94. The van der Waals surface area contributed by atoms with Crippen LogP contribution in [0.3, 0.4) is 0 Å². The zero-order chi connectivity index (χ0) is 26.0. The summed E-state index contributed by atoms with van der Waals surface area (Å²) in [4.78, 5) is 38.5. The Morgan fingerprint density at radius 3 is 2.56 bits per heavy atom. The van der Waals surface area contributed by atoms with Crippen molar-refractivity contribution in [2.75, 3.05) is 19.0 Å². The van der Waals surface area contributed by atoms with E-state index >= 15 is 0 Å². The SMILES string of the molecule is COc1cc(NC(=O)C2CCC(n3c(=O)n(CC(O)CO)c4c(C(N)=O)cccc43)CC2)ccc1C. The van der Waals surface area contributed by atoms with E-state index in [0.717, 1.165) is 5.56 Å². The van der Waals surface area contributed by atoms with Crippen LogP contribution < -0.4 is 21.5 Å². The summed E-state index contributed by atoms with van der Waals surface area (Å²) in [5, 5.41) is 22.3. The molecule has 2 aromatic carbocycles. The number of aliphatic hydroxyl groups excluding tert-OH is 2. The van der Waals surface area contributed by atoms with Crippen LogP contribution in [0.5, 0.6) is 5.75 Å². The fourth-order valence-electron chi connectivity index (χ4n) is 5.07. The Kier molecular flexibility index (Phi) is 7.46. The van der Waals surface area contributed by atoms with Crippen LogP contribution in [0.1, 0.15) is 47.6 Å². The number of hydrogen-bond acceptors (Lipinski definition) is 6. The number of fused-ring (bicyclic) bond motifs is 1. The summed E-state index contributed by atoms with van der Waals surface area (Å²) in [7, 11) is 1.59. The molecule has 0 aliphatic heterocycles. The number of carbonyl (C=O) groups excluding carboxylic acids is 2. The molecule has 1 aromatic heterocycles. The standard InChI is InChI=1S/C26H32N4O6/c1-15-6-9-17(12-22(15)36-2)28-25(34)16-7-10-18(11-8-16)30-21-5-3-4-20(24(27)33)23(21)29(26(30)35)13-19(32)14-31/h3-6,9,12,16,18-19,31-32H,7-8,10-11,13-14H2,1-2H3,(H2,27,33)(H,28,34). The van der Waals surface area contributed by atoms with Gasteiger partial charge in [-0.25, -0.2) is 4.79 Å². The van der Waals surface area contributed by atoms with Gasteiger partial charge in [-0.2, -0.15) is 0 Å². The lowest BCUT2D eigenvalue weighted by atomic mass is 9.85. The number of amides is 2. The van der Waals surface area contributed by atoms with Crippen molar-refractivity contribution in [2.24, 2.45) is 11.7 Å². The summed E-state index contributed by atoms with van der Waals surface area (Å²) in [6, 6.07) is 10.3. The number of nitrogens with one attached hydrogen (secondary N) is 1. The van der Waals surface area contributed by atoms with E-state index in [0.29, 0.717) is 48.2 Å². The van der Waals surface area contributed by atoms with Crippen LogP contribution in [0.2, 0.25) is 0 Å². The van der Waals surface area contributed by atoms with Crippen LogP contribution in [-0.4, -0.2) is 51.0 Å². The molecule has 10 heteroatoms. The number of primary amides is 1. The van der Waals surface area contributed by atoms with E-state index in [1.54, 1.807) is 29.9 Å². The Morgan fingerprint density at radius 2 is 1.92 bits per heavy atom. The second-order valence-corrected chi connectivity index (χ2v) is 9.32. The number of anilines is 1. The Balaban J connectivity index is 1.56. The number of nitrogens with zero attached hydrogens (tertiary/aromatic N) is 2. The molecule has 1 aliphatic carbocycles. The number of para-hydroxylation sites is 1. The van der Waals surface area contributed by atoms with Gasteiger partial charge in [0, 0.05) is 23.7 Å². The molecule has 5 N–H and O–H groups in total. The van der Waals surface area contributed by atoms with E-state index in [4.69, 9.17) is 10.5 Å². The number of carbonyl (C=O) groups is 2. The van der Waals surface area contributed by atoms with Crippen molar-refractivity contribution >= 4 is 28.5 Å². The van der Waals surface area contributed by atoms with Gasteiger partial charge >= 0.3 is 5.69 Å². The van der Waals surface area contributed by atoms with Crippen molar-refractivity contribution < 1.29 is 24.5 Å². The van der Waals surface area contributed by atoms with Gasteiger partial charge in [0.05, 0.1) is 43.0 Å². The third-order valence-electron chi connectivity index (χ3n) is 6.96. The van der Waals surface area contributed by atoms with Crippen molar-refractivity contribution in [2.45, 2.75) is 51.3 Å². The van der Waals surface area contributed by atoms with Crippen molar-refractivity contribution in [3.05, 3.63) is 58.0 Å². The fraction of sp³-hybridized carbons (Fsp3) is 0.423. The second kappa shape index (κ2) is 10.5. The summed E-state index contributed by atoms with van der Waals surface area (Å²) in [5.74, 6) is -0.252. The van der Waals surface area contributed by atoms with Crippen LogP contribution in [-0.2, 0) is 11.3 Å². The van der Waals surface area contributed by atoms with Gasteiger partial charge in [0.2, 0.25) is 5.91 Å². The highest BCUT2D eigenvalue weighted by atomic mass is 16.5. The Morgan fingerprint density at radius 1 is 1.19 bits per heavy atom. The number of ether oxygens (including phenoxy) is 1. The lowest BCUT2D eigenvalue weighted by Crippen LogP contribution is -2.34. The Labute approximate surface area is 208 Å². The number of benzene rings is 2. The van der Waals surface area contributed by atoms with Crippen molar-refractivity contribution in [1.29, 1.82) is 0 Å². The molecule has 10 nitrogen and oxygen atoms in total. The zero-order valence-electron chi connectivity index (χ0n) is 20.4. The van der Waals surface area contributed by atoms with E-state index in [-0.39, 0.29) is 35.7 Å². The second-order valence-electron chi connectivity index (χ2n) is 9.32. The molecule has 36 heavy (non-hydrogen) atoms. The highest BCUT2D eigenvalue weighted by Crippen LogP contribution is 2.35. The van der Waals surface area contributed by atoms with Crippen LogP contribution in [0.25, 0.3) is 11.0 Å². The van der Waals surface area contributed by atoms with Gasteiger partial charge in [0.15, 0.2) is 0 Å². The normalized spacial score (nSPS) is 18.7. The minimum atomic E-state index is -1.16. The van der Waals surface area contributed by atoms with E-state index < -0.39 is 18.6 Å². The molecule has 0 radical (unpaired) electrons. The summed E-state index contributed by atoms with van der Waals surface area (Å²) in [6.45, 7) is 1.24. The summed E-state index contributed by atoms with van der Waals surface area (Å²) >= 11 is 0. The number of aryl methyl sites for hydroxylation is 1. The van der Waals surface area contributed by atoms with Gasteiger partial charge < -0.3 is 26.0 Å². The molecule has 4 rings (SSSR count). The molecule has 0 spiro atoms. The monoisotopic (exact) mass is 496 g/mol. The average molecular weight is 497 g/mol. The van der Waals surface area contributed by atoms with E-state index in [9.17, 15) is 24.6 Å². The van der Waals surface area contributed by atoms with Crippen molar-refractivity contribution in [1.82, 2.24) is 9.13 Å². The molecule has 1 saturated carbocycles.